The lowest BCUT2D eigenvalue weighted by atomic mass is 9.89. The number of likely N-dealkylation sites (tertiary alicyclic amines) is 1. The van der Waals surface area contributed by atoms with Crippen molar-refractivity contribution >= 4 is 14.2 Å². The lowest BCUT2D eigenvalue weighted by Crippen LogP contribution is -2.44. The van der Waals surface area contributed by atoms with Crippen LogP contribution in [0.4, 0.5) is 8.78 Å². The Balaban J connectivity index is 1.93. The first-order valence-corrected chi connectivity index (χ1v) is 15.1. The van der Waals surface area contributed by atoms with E-state index in [2.05, 4.69) is 33.9 Å². The van der Waals surface area contributed by atoms with Crippen molar-refractivity contribution < 1.29 is 22.7 Å². The van der Waals surface area contributed by atoms with Crippen molar-refractivity contribution in [3.8, 4) is 11.8 Å². The second kappa shape index (κ2) is 10.3. The highest BCUT2D eigenvalue weighted by atomic mass is 28.4. The Morgan fingerprint density at radius 3 is 2.36 bits per heavy atom. The van der Waals surface area contributed by atoms with Gasteiger partial charge in [0.05, 0.1) is 29.8 Å². The molecule has 1 aliphatic heterocycles. The Morgan fingerprint density at radius 2 is 1.81 bits per heavy atom. The van der Waals surface area contributed by atoms with Crippen molar-refractivity contribution in [2.45, 2.75) is 71.3 Å². The van der Waals surface area contributed by atoms with Crippen LogP contribution in [0.15, 0.2) is 48.5 Å². The summed E-state index contributed by atoms with van der Waals surface area (Å²) in [5.74, 6) is -0.344. The monoisotopic (exact) mass is 514 g/mol. The van der Waals surface area contributed by atoms with E-state index in [4.69, 9.17) is 14.4 Å². The van der Waals surface area contributed by atoms with Crippen molar-refractivity contribution in [2.24, 2.45) is 5.41 Å². The van der Waals surface area contributed by atoms with Gasteiger partial charge in [-0.15, -0.1) is 0 Å². The van der Waals surface area contributed by atoms with Crippen molar-refractivity contribution in [2.75, 3.05) is 13.2 Å². The minimum atomic E-state index is -2.83. The van der Waals surface area contributed by atoms with Gasteiger partial charge in [0, 0.05) is 12.0 Å². The van der Waals surface area contributed by atoms with Crippen molar-refractivity contribution in [3.63, 3.8) is 0 Å². The molecule has 0 saturated carbocycles. The molecule has 2 aromatic carbocycles. The van der Waals surface area contributed by atoms with E-state index in [1.54, 1.807) is 4.90 Å². The molecule has 3 rings (SSSR count). The van der Waals surface area contributed by atoms with Gasteiger partial charge in [0.2, 0.25) is 0 Å². The van der Waals surface area contributed by atoms with Crippen LogP contribution in [-0.4, -0.2) is 38.4 Å². The van der Waals surface area contributed by atoms with Gasteiger partial charge in [-0.3, -0.25) is 4.79 Å². The highest BCUT2D eigenvalue weighted by molar-refractivity contribution is 6.74. The minimum Gasteiger partial charge on any atom is -0.479 e. The molecule has 8 heteroatoms. The quantitative estimate of drug-likeness (QED) is 0.361. The van der Waals surface area contributed by atoms with E-state index < -0.39 is 31.8 Å². The summed E-state index contributed by atoms with van der Waals surface area (Å²) in [7, 11) is -2.10. The zero-order valence-electron chi connectivity index (χ0n) is 22.1. The van der Waals surface area contributed by atoms with Gasteiger partial charge in [0.15, 0.2) is 14.4 Å². The smallest absolute Gasteiger partial charge is 0.267 e. The summed E-state index contributed by atoms with van der Waals surface area (Å²) >= 11 is 0. The summed E-state index contributed by atoms with van der Waals surface area (Å²) in [6.45, 7) is 15.4. The third kappa shape index (κ3) is 5.79. The number of amides is 1. The Labute approximate surface area is 214 Å². The van der Waals surface area contributed by atoms with Crippen molar-refractivity contribution in [3.05, 3.63) is 65.2 Å². The van der Waals surface area contributed by atoms with Crippen molar-refractivity contribution in [1.29, 1.82) is 5.26 Å². The van der Waals surface area contributed by atoms with E-state index in [0.717, 1.165) is 11.6 Å². The molecule has 5 nitrogen and oxygen atoms in total. The standard InChI is InChI=1S/C28H36F2N2O3Si/c1-27(2,3)36(6,7)34-17-22(20-11-9-8-10-12-20)32-18-28(4,5)24(26(32)33)35-23-14-13-19(16-31)15-21(23)25(29)30/h8-15,22,24-25H,17-18H2,1-7H3/t22-,24-/m0/s1. The number of halogens is 2. The first-order chi connectivity index (χ1) is 16.7. The summed E-state index contributed by atoms with van der Waals surface area (Å²) < 4.78 is 40.0. The normalized spacial score (nSPS) is 18.9. The minimum absolute atomic E-state index is 0.00936. The number of hydrogen-bond donors (Lipinski definition) is 0. The highest BCUT2D eigenvalue weighted by Crippen LogP contribution is 2.42. The molecule has 0 spiro atoms. The van der Waals surface area contributed by atoms with E-state index in [1.807, 2.05) is 50.2 Å². The van der Waals surface area contributed by atoms with Crippen LogP contribution in [0.1, 0.15) is 63.8 Å². The van der Waals surface area contributed by atoms with E-state index in [0.29, 0.717) is 13.2 Å². The fourth-order valence-corrected chi connectivity index (χ4v) is 5.13. The molecule has 2 atom stereocenters. The Bertz CT molecular complexity index is 1120. The van der Waals surface area contributed by atoms with Gasteiger partial charge in [-0.05, 0) is 41.9 Å². The van der Waals surface area contributed by atoms with Crippen LogP contribution >= 0.6 is 0 Å². The fourth-order valence-electron chi connectivity index (χ4n) is 4.13. The molecule has 0 bridgehead atoms. The summed E-state index contributed by atoms with van der Waals surface area (Å²) in [5, 5.41) is 9.11. The van der Waals surface area contributed by atoms with E-state index >= 15 is 0 Å². The summed E-state index contributed by atoms with van der Waals surface area (Å²) in [6, 6.07) is 15.2. The van der Waals surface area contributed by atoms with Crippen LogP contribution < -0.4 is 4.74 Å². The van der Waals surface area contributed by atoms with Gasteiger partial charge >= 0.3 is 0 Å². The molecule has 36 heavy (non-hydrogen) atoms. The van der Waals surface area contributed by atoms with Crippen LogP contribution in [-0.2, 0) is 9.22 Å². The number of alkyl halides is 2. The molecule has 0 aliphatic carbocycles. The maximum absolute atomic E-state index is 13.8. The third-order valence-electron chi connectivity index (χ3n) is 7.38. The molecule has 2 aromatic rings. The lowest BCUT2D eigenvalue weighted by molar-refractivity contribution is -0.137. The summed E-state index contributed by atoms with van der Waals surface area (Å²) in [4.78, 5) is 15.5. The van der Waals surface area contributed by atoms with Crippen LogP contribution in [0.25, 0.3) is 0 Å². The number of nitriles is 1. The maximum Gasteiger partial charge on any atom is 0.267 e. The molecule has 1 saturated heterocycles. The third-order valence-corrected chi connectivity index (χ3v) is 11.9. The highest BCUT2D eigenvalue weighted by Gasteiger charge is 2.51. The average molecular weight is 515 g/mol. The van der Waals surface area contributed by atoms with Crippen LogP contribution in [0, 0.1) is 16.7 Å². The van der Waals surface area contributed by atoms with Gasteiger partial charge in [0.1, 0.15) is 5.75 Å². The van der Waals surface area contributed by atoms with Gasteiger partial charge in [0.25, 0.3) is 12.3 Å². The Morgan fingerprint density at radius 1 is 1.17 bits per heavy atom. The topological polar surface area (TPSA) is 62.6 Å². The molecular weight excluding hydrogens is 478 g/mol. The van der Waals surface area contributed by atoms with Gasteiger partial charge in [-0.1, -0.05) is 65.0 Å². The molecule has 1 heterocycles. The van der Waals surface area contributed by atoms with E-state index in [9.17, 15) is 13.6 Å². The average Bonchev–Trinajstić information content (AvgIpc) is 3.02. The molecule has 0 unspecified atom stereocenters. The van der Waals surface area contributed by atoms with Crippen LogP contribution in [0.5, 0.6) is 5.75 Å². The molecule has 1 aliphatic rings. The number of nitrogens with zero attached hydrogens (tertiary/aromatic N) is 2. The van der Waals surface area contributed by atoms with E-state index in [1.165, 1.54) is 12.1 Å². The predicted octanol–water partition coefficient (Wildman–Crippen LogP) is 6.87. The number of benzene rings is 2. The van der Waals surface area contributed by atoms with Gasteiger partial charge in [-0.2, -0.15) is 5.26 Å². The second-order valence-electron chi connectivity index (χ2n) is 11.6. The lowest BCUT2D eigenvalue weighted by Gasteiger charge is -2.39. The number of ether oxygens (including phenoxy) is 1. The van der Waals surface area contributed by atoms with E-state index in [-0.39, 0.29) is 28.3 Å². The summed E-state index contributed by atoms with van der Waals surface area (Å²) in [5.41, 5.74) is 0.0294. The Hall–Kier alpha value is -2.76. The molecule has 0 N–H and O–H groups in total. The summed E-state index contributed by atoms with van der Waals surface area (Å²) in [6.07, 6.45) is -3.79. The zero-order chi connectivity index (χ0) is 26.9. The van der Waals surface area contributed by atoms with Crippen LogP contribution in [0.2, 0.25) is 18.1 Å². The SMILES string of the molecule is CC1(C)CN([C@@H](CO[Si](C)(C)C(C)(C)C)c2ccccc2)C(=O)[C@@H]1Oc1ccc(C#N)cc1C(F)F. The molecule has 1 fully saturated rings. The molecule has 194 valence electrons. The van der Waals surface area contributed by atoms with Gasteiger partial charge < -0.3 is 14.1 Å². The number of rotatable bonds is 8. The first-order valence-electron chi connectivity index (χ1n) is 12.2. The fraction of sp³-hybridized carbons (Fsp3) is 0.500. The number of carbonyl (C=O) groups excluding carboxylic acids is 1. The molecule has 1 amide bonds. The zero-order valence-corrected chi connectivity index (χ0v) is 23.1. The second-order valence-corrected chi connectivity index (χ2v) is 16.4. The molecular formula is C28H36F2N2O3Si. The van der Waals surface area contributed by atoms with Crippen molar-refractivity contribution in [1.82, 2.24) is 4.90 Å². The molecule has 0 aromatic heterocycles. The largest absolute Gasteiger partial charge is 0.479 e. The number of hydrogen-bond acceptors (Lipinski definition) is 4. The molecule has 0 radical (unpaired) electrons. The van der Waals surface area contributed by atoms with Crippen LogP contribution in [0.3, 0.4) is 0 Å². The number of carbonyl (C=O) groups is 1. The Kier molecular flexibility index (Phi) is 7.97. The maximum atomic E-state index is 13.8. The predicted molar refractivity (Wildman–Crippen MR) is 138 cm³/mol. The van der Waals surface area contributed by atoms with Gasteiger partial charge in [-0.25, -0.2) is 8.78 Å². The first kappa shape index (κ1) is 27.8.